The number of rotatable bonds is 2. The van der Waals surface area contributed by atoms with Crippen molar-refractivity contribution in [3.63, 3.8) is 0 Å². The molecule has 1 heterocycles. The maximum absolute atomic E-state index is 12.8. The highest BCUT2D eigenvalue weighted by Gasteiger charge is 2.34. The van der Waals surface area contributed by atoms with Gasteiger partial charge < -0.3 is 9.64 Å². The van der Waals surface area contributed by atoms with Gasteiger partial charge in [0.1, 0.15) is 6.04 Å². The molecule has 7 heteroatoms. The molecule has 114 valence electrons. The smallest absolute Gasteiger partial charge is 0.328 e. The van der Waals surface area contributed by atoms with E-state index in [9.17, 15) is 9.59 Å². The number of hydrogen-bond acceptors (Lipinski definition) is 3. The van der Waals surface area contributed by atoms with Crippen LogP contribution in [0, 0.1) is 3.57 Å². The second-order valence-electron chi connectivity index (χ2n) is 4.78. The zero-order valence-corrected chi connectivity index (χ0v) is 15.0. The molecular weight excluding hydrogens is 428 g/mol. The highest BCUT2D eigenvalue weighted by Crippen LogP contribution is 2.29. The van der Waals surface area contributed by atoms with Gasteiger partial charge in [0.2, 0.25) is 0 Å². The predicted octanol–water partition coefficient (Wildman–Crippen LogP) is 3.77. The summed E-state index contributed by atoms with van der Waals surface area (Å²) in [7, 11) is 1.33. The summed E-state index contributed by atoms with van der Waals surface area (Å²) in [4.78, 5) is 26.2. The molecule has 0 spiro atoms. The summed E-state index contributed by atoms with van der Waals surface area (Å²) < 4.78 is 5.43. The van der Waals surface area contributed by atoms with E-state index in [1.54, 1.807) is 17.0 Å². The van der Waals surface area contributed by atoms with E-state index in [1.165, 1.54) is 7.11 Å². The van der Waals surface area contributed by atoms with Gasteiger partial charge in [0.05, 0.1) is 17.7 Å². The summed E-state index contributed by atoms with van der Waals surface area (Å²) in [5, 5.41) is 0.827. The first-order valence-electron chi connectivity index (χ1n) is 6.49. The summed E-state index contributed by atoms with van der Waals surface area (Å²) in [5.41, 5.74) is 0.420. The van der Waals surface area contributed by atoms with Gasteiger partial charge >= 0.3 is 5.97 Å². The van der Waals surface area contributed by atoms with E-state index in [4.69, 9.17) is 27.9 Å². The number of carbonyl (C=O) groups excluding carboxylic acids is 2. The number of amides is 1. The van der Waals surface area contributed by atoms with Crippen LogP contribution in [0.25, 0.3) is 0 Å². The third kappa shape index (κ3) is 3.63. The van der Waals surface area contributed by atoms with Crippen LogP contribution >= 0.6 is 45.8 Å². The molecule has 0 aliphatic carbocycles. The Labute approximate surface area is 146 Å². The summed E-state index contributed by atoms with van der Waals surface area (Å²) in [6.45, 7) is 0.527. The summed E-state index contributed by atoms with van der Waals surface area (Å²) in [6.07, 6.45) is 2.38. The number of halogens is 3. The normalized spacial score (nSPS) is 18.5. The number of methoxy groups -OCH3 is 1. The topological polar surface area (TPSA) is 46.6 Å². The van der Waals surface area contributed by atoms with Crippen molar-refractivity contribution in [2.45, 2.75) is 25.3 Å². The second-order valence-corrected chi connectivity index (χ2v) is 6.70. The molecule has 0 aromatic heterocycles. The number of esters is 1. The molecular formula is C14H14Cl2INO3. The summed E-state index contributed by atoms with van der Waals surface area (Å²) >= 11 is 14.1. The Morgan fingerprint density at radius 1 is 1.33 bits per heavy atom. The van der Waals surface area contributed by atoms with Gasteiger partial charge in [0.25, 0.3) is 5.91 Å². The monoisotopic (exact) mass is 441 g/mol. The van der Waals surface area contributed by atoms with Crippen molar-refractivity contribution in [3.8, 4) is 0 Å². The van der Waals surface area contributed by atoms with Crippen LogP contribution in [0.1, 0.15) is 29.6 Å². The minimum atomic E-state index is -0.537. The van der Waals surface area contributed by atoms with Crippen molar-refractivity contribution in [2.75, 3.05) is 13.7 Å². The van der Waals surface area contributed by atoms with Crippen LogP contribution in [0.5, 0.6) is 0 Å². The van der Waals surface area contributed by atoms with Crippen LogP contribution < -0.4 is 0 Å². The van der Waals surface area contributed by atoms with E-state index in [-0.39, 0.29) is 11.9 Å². The van der Waals surface area contributed by atoms with E-state index in [2.05, 4.69) is 0 Å². The Morgan fingerprint density at radius 2 is 2.05 bits per heavy atom. The Hall–Kier alpha value is -0.530. The predicted molar refractivity (Wildman–Crippen MR) is 89.9 cm³/mol. The van der Waals surface area contributed by atoms with Crippen LogP contribution in [0.15, 0.2) is 12.1 Å². The van der Waals surface area contributed by atoms with Crippen molar-refractivity contribution in [2.24, 2.45) is 0 Å². The minimum absolute atomic E-state index is 0.237. The summed E-state index contributed by atoms with van der Waals surface area (Å²) in [5.74, 6) is -0.620. The maximum Gasteiger partial charge on any atom is 0.328 e. The van der Waals surface area contributed by atoms with Gasteiger partial charge in [-0.3, -0.25) is 4.79 Å². The number of benzene rings is 1. The lowest BCUT2D eigenvalue weighted by molar-refractivity contribution is -0.147. The molecule has 0 radical (unpaired) electrons. The molecule has 2 rings (SSSR count). The molecule has 0 N–H and O–H groups in total. The maximum atomic E-state index is 12.8. The van der Waals surface area contributed by atoms with Gasteiger partial charge in [0, 0.05) is 15.1 Å². The third-order valence-electron chi connectivity index (χ3n) is 3.46. The molecule has 4 nitrogen and oxygen atoms in total. The Bertz CT molecular complexity index is 580. The lowest BCUT2D eigenvalue weighted by atomic mass is 10.0. The molecule has 1 aliphatic heterocycles. The Morgan fingerprint density at radius 3 is 2.71 bits per heavy atom. The number of likely N-dealkylation sites (tertiary alicyclic amines) is 1. The van der Waals surface area contributed by atoms with Crippen LogP contribution in [-0.4, -0.2) is 36.5 Å². The van der Waals surface area contributed by atoms with Gasteiger partial charge in [-0.2, -0.15) is 0 Å². The van der Waals surface area contributed by atoms with E-state index in [1.807, 2.05) is 22.6 Å². The fourth-order valence-electron chi connectivity index (χ4n) is 2.42. The third-order valence-corrected chi connectivity index (χ3v) is 5.46. The lowest BCUT2D eigenvalue weighted by Gasteiger charge is -2.34. The molecule has 21 heavy (non-hydrogen) atoms. The average molecular weight is 442 g/mol. The van der Waals surface area contributed by atoms with Gasteiger partial charge in [-0.25, -0.2) is 4.79 Å². The molecule has 1 aromatic rings. The fraction of sp³-hybridized carbons (Fsp3) is 0.429. The first kappa shape index (κ1) is 16.8. The van der Waals surface area contributed by atoms with Crippen molar-refractivity contribution in [3.05, 3.63) is 31.3 Å². The minimum Gasteiger partial charge on any atom is -0.467 e. The van der Waals surface area contributed by atoms with Crippen molar-refractivity contribution < 1.29 is 14.3 Å². The molecule has 1 atom stereocenters. The van der Waals surface area contributed by atoms with Crippen molar-refractivity contribution >= 4 is 57.7 Å². The largest absolute Gasteiger partial charge is 0.467 e. The second kappa shape index (κ2) is 7.15. The zero-order chi connectivity index (χ0) is 15.6. The number of hydrogen-bond donors (Lipinski definition) is 0. The van der Waals surface area contributed by atoms with E-state index in [0.29, 0.717) is 32.1 Å². The number of nitrogens with zero attached hydrogens (tertiary/aromatic N) is 1. The first-order valence-corrected chi connectivity index (χ1v) is 8.32. The molecule has 1 fully saturated rings. The van der Waals surface area contributed by atoms with Gasteiger partial charge in [0.15, 0.2) is 0 Å². The van der Waals surface area contributed by atoms with Crippen LogP contribution in [0.3, 0.4) is 0 Å². The fourth-order valence-corrected chi connectivity index (χ4v) is 3.46. The van der Waals surface area contributed by atoms with Crippen LogP contribution in [-0.2, 0) is 9.53 Å². The highest BCUT2D eigenvalue weighted by atomic mass is 127. The SMILES string of the molecule is COC(=O)C1CCCCN1C(=O)c1cc(Cl)cc(Cl)c1I. The Kier molecular flexibility index (Phi) is 5.73. The molecule has 0 saturated carbocycles. The van der Waals surface area contributed by atoms with E-state index < -0.39 is 6.04 Å². The van der Waals surface area contributed by atoms with Gasteiger partial charge in [-0.05, 0) is 54.0 Å². The Balaban J connectivity index is 2.35. The van der Waals surface area contributed by atoms with Gasteiger partial charge in [-0.1, -0.05) is 23.2 Å². The number of ether oxygens (including phenoxy) is 1. The molecule has 1 unspecified atom stereocenters. The van der Waals surface area contributed by atoms with E-state index >= 15 is 0 Å². The lowest BCUT2D eigenvalue weighted by Crippen LogP contribution is -2.48. The van der Waals surface area contributed by atoms with Crippen LogP contribution in [0.4, 0.5) is 0 Å². The quantitative estimate of drug-likeness (QED) is 0.398. The molecule has 1 aromatic carbocycles. The highest BCUT2D eigenvalue weighted by molar-refractivity contribution is 14.1. The number of piperidine rings is 1. The van der Waals surface area contributed by atoms with E-state index in [0.717, 1.165) is 12.8 Å². The standard InChI is InChI=1S/C14H14Cl2INO3/c1-21-14(20)11-4-2-3-5-18(11)13(19)9-6-8(15)7-10(16)12(9)17/h6-7,11H,2-5H2,1H3. The first-order chi connectivity index (χ1) is 9.95. The molecule has 0 bridgehead atoms. The average Bonchev–Trinajstić information content (AvgIpc) is 2.49. The van der Waals surface area contributed by atoms with Crippen molar-refractivity contribution in [1.82, 2.24) is 4.90 Å². The van der Waals surface area contributed by atoms with Crippen molar-refractivity contribution in [1.29, 1.82) is 0 Å². The van der Waals surface area contributed by atoms with Crippen LogP contribution in [0.2, 0.25) is 10.0 Å². The summed E-state index contributed by atoms with van der Waals surface area (Å²) in [6, 6.07) is 2.64. The molecule has 1 aliphatic rings. The number of carbonyl (C=O) groups is 2. The molecule has 1 saturated heterocycles. The zero-order valence-electron chi connectivity index (χ0n) is 11.4. The van der Waals surface area contributed by atoms with Gasteiger partial charge in [-0.15, -0.1) is 0 Å². The molecule has 1 amide bonds.